The van der Waals surface area contributed by atoms with E-state index in [1.165, 1.54) is 4.90 Å². The third kappa shape index (κ3) is 3.10. The Morgan fingerprint density at radius 3 is 2.65 bits per heavy atom. The average molecular weight is 450 g/mol. The van der Waals surface area contributed by atoms with E-state index in [0.29, 0.717) is 17.9 Å². The molecule has 2 aliphatic rings. The molecule has 4 aromatic rings. The Morgan fingerprint density at radius 1 is 1.00 bits per heavy atom. The normalized spacial score (nSPS) is 19.3. The van der Waals surface area contributed by atoms with E-state index in [1.807, 2.05) is 60.8 Å². The molecule has 3 heterocycles. The molecule has 0 saturated carbocycles. The Morgan fingerprint density at radius 2 is 1.79 bits per heavy atom. The number of Topliss-reactive ketones (excluding diaryl/α,β-unsaturated/α-hetero) is 1. The minimum Gasteiger partial charge on any atom is -0.507 e. The van der Waals surface area contributed by atoms with Gasteiger partial charge >= 0.3 is 0 Å². The number of ketones is 1. The molecular formula is C28H22N2O4. The number of H-pyrrole nitrogens is 1. The second-order valence-corrected chi connectivity index (χ2v) is 8.57. The van der Waals surface area contributed by atoms with Crippen molar-refractivity contribution in [3.63, 3.8) is 0 Å². The highest BCUT2D eigenvalue weighted by Crippen LogP contribution is 2.44. The largest absolute Gasteiger partial charge is 0.507 e. The smallest absolute Gasteiger partial charge is 0.300 e. The van der Waals surface area contributed by atoms with E-state index >= 15 is 0 Å². The zero-order valence-corrected chi connectivity index (χ0v) is 18.3. The second-order valence-electron chi connectivity index (χ2n) is 8.57. The number of para-hydroxylation sites is 2. The Bertz CT molecular complexity index is 1470. The molecule has 1 fully saturated rings. The summed E-state index contributed by atoms with van der Waals surface area (Å²) in [6, 6.07) is 21.5. The first-order valence-corrected chi connectivity index (χ1v) is 11.3. The Kier molecular flexibility index (Phi) is 4.73. The molecule has 1 aromatic heterocycles. The number of aromatic amines is 1. The number of hydrogen-bond donors (Lipinski definition) is 2. The van der Waals surface area contributed by atoms with E-state index in [-0.39, 0.29) is 11.3 Å². The number of carbonyl (C=O) groups excluding carboxylic acids is 2. The van der Waals surface area contributed by atoms with Crippen LogP contribution in [0.15, 0.2) is 84.6 Å². The van der Waals surface area contributed by atoms with Crippen molar-refractivity contribution in [1.29, 1.82) is 0 Å². The van der Waals surface area contributed by atoms with E-state index in [4.69, 9.17) is 4.74 Å². The van der Waals surface area contributed by atoms with Crippen LogP contribution < -0.4 is 9.64 Å². The van der Waals surface area contributed by atoms with Crippen LogP contribution in [0.3, 0.4) is 0 Å². The number of nitrogens with zero attached hydrogens (tertiary/aromatic N) is 1. The number of nitrogens with one attached hydrogen (secondary N) is 1. The topological polar surface area (TPSA) is 82.6 Å². The zero-order chi connectivity index (χ0) is 23.2. The van der Waals surface area contributed by atoms with E-state index in [1.54, 1.807) is 18.2 Å². The van der Waals surface area contributed by atoms with Crippen LogP contribution in [0.25, 0.3) is 16.7 Å². The molecule has 3 aromatic carbocycles. The van der Waals surface area contributed by atoms with Crippen molar-refractivity contribution in [2.45, 2.75) is 18.9 Å². The maximum atomic E-state index is 13.4. The molecule has 168 valence electrons. The lowest BCUT2D eigenvalue weighted by Gasteiger charge is -2.25. The van der Waals surface area contributed by atoms with E-state index < -0.39 is 17.7 Å². The number of rotatable bonds is 3. The van der Waals surface area contributed by atoms with Crippen molar-refractivity contribution in [1.82, 2.24) is 4.98 Å². The molecule has 6 heteroatoms. The molecule has 1 unspecified atom stereocenters. The first-order valence-electron chi connectivity index (χ1n) is 11.3. The summed E-state index contributed by atoms with van der Waals surface area (Å²) in [7, 11) is 0. The Hall–Kier alpha value is -4.32. The van der Waals surface area contributed by atoms with Crippen molar-refractivity contribution in [3.05, 3.63) is 101 Å². The first-order chi connectivity index (χ1) is 16.6. The van der Waals surface area contributed by atoms with Crippen LogP contribution in [0.4, 0.5) is 5.69 Å². The minimum atomic E-state index is -0.772. The minimum absolute atomic E-state index is 0.0790. The van der Waals surface area contributed by atoms with Crippen molar-refractivity contribution in [2.75, 3.05) is 11.5 Å². The van der Waals surface area contributed by atoms with E-state index in [0.717, 1.165) is 40.6 Å². The van der Waals surface area contributed by atoms with E-state index in [9.17, 15) is 14.7 Å². The monoisotopic (exact) mass is 450 g/mol. The molecule has 1 amide bonds. The Labute approximate surface area is 196 Å². The SMILES string of the molecule is O=C1C(=O)N(c2ccccc2)C(c2c[nH]c3ccccc23)/C1=C(\O)c1ccc2c(c1)CCCO2. The number of carbonyl (C=O) groups is 2. The van der Waals surface area contributed by atoms with Crippen molar-refractivity contribution >= 4 is 34.0 Å². The molecule has 1 saturated heterocycles. The second kappa shape index (κ2) is 7.92. The van der Waals surface area contributed by atoms with Gasteiger partial charge in [-0.25, -0.2) is 0 Å². The number of aliphatic hydroxyl groups is 1. The maximum Gasteiger partial charge on any atom is 0.300 e. The van der Waals surface area contributed by atoms with Crippen LogP contribution >= 0.6 is 0 Å². The third-order valence-electron chi connectivity index (χ3n) is 6.58. The summed E-state index contributed by atoms with van der Waals surface area (Å²) in [6.07, 6.45) is 3.54. The highest BCUT2D eigenvalue weighted by atomic mass is 16.5. The molecule has 0 spiro atoms. The lowest BCUT2D eigenvalue weighted by molar-refractivity contribution is -0.132. The summed E-state index contributed by atoms with van der Waals surface area (Å²) in [5.41, 5.74) is 3.80. The van der Waals surface area contributed by atoms with Gasteiger partial charge in [-0.3, -0.25) is 14.5 Å². The summed E-state index contributed by atoms with van der Waals surface area (Å²) >= 11 is 0. The number of amides is 1. The van der Waals surface area contributed by atoms with Gasteiger partial charge in [-0.05, 0) is 54.8 Å². The lowest BCUT2D eigenvalue weighted by atomic mass is 9.93. The molecule has 2 aliphatic heterocycles. The standard InChI is InChI=1S/C28H22N2O4/c31-26(18-12-13-23-17(15-18)7-6-14-34-23)24-25(21-16-29-22-11-5-4-10-20(21)22)30(28(33)27(24)32)19-8-2-1-3-9-19/h1-5,8-13,15-16,25,29,31H,6-7,14H2/b26-24+. The number of aryl methyl sites for hydroxylation is 1. The molecule has 34 heavy (non-hydrogen) atoms. The van der Waals surface area contributed by atoms with Crippen molar-refractivity contribution < 1.29 is 19.4 Å². The van der Waals surface area contributed by atoms with Crippen LogP contribution in [0.1, 0.15) is 29.2 Å². The van der Waals surface area contributed by atoms with Crippen LogP contribution in [0.5, 0.6) is 5.75 Å². The van der Waals surface area contributed by atoms with Gasteiger partial charge in [0.2, 0.25) is 0 Å². The molecule has 1 atom stereocenters. The molecule has 6 rings (SSSR count). The summed E-state index contributed by atoms with van der Waals surface area (Å²) in [4.78, 5) is 31.4. The number of benzene rings is 3. The molecule has 0 radical (unpaired) electrons. The summed E-state index contributed by atoms with van der Waals surface area (Å²) < 4.78 is 5.69. The van der Waals surface area contributed by atoms with Crippen LogP contribution in [-0.2, 0) is 16.0 Å². The van der Waals surface area contributed by atoms with Crippen molar-refractivity contribution in [2.24, 2.45) is 0 Å². The highest BCUT2D eigenvalue weighted by molar-refractivity contribution is 6.51. The highest BCUT2D eigenvalue weighted by Gasteiger charge is 2.47. The Balaban J connectivity index is 1.58. The van der Waals surface area contributed by atoms with Gasteiger partial charge in [0.15, 0.2) is 0 Å². The van der Waals surface area contributed by atoms with Gasteiger partial charge in [0.1, 0.15) is 11.5 Å². The maximum absolute atomic E-state index is 13.4. The zero-order valence-electron chi connectivity index (χ0n) is 18.3. The summed E-state index contributed by atoms with van der Waals surface area (Å²) in [5.74, 6) is -0.754. The summed E-state index contributed by atoms with van der Waals surface area (Å²) in [5, 5.41) is 12.3. The number of aliphatic hydroxyl groups excluding tert-OH is 1. The fourth-order valence-electron chi connectivity index (χ4n) is 4.97. The van der Waals surface area contributed by atoms with Gasteiger partial charge in [0.05, 0.1) is 18.2 Å². The molecule has 2 N–H and O–H groups in total. The van der Waals surface area contributed by atoms with Crippen LogP contribution in [0, 0.1) is 0 Å². The molecule has 0 bridgehead atoms. The number of hydrogen-bond acceptors (Lipinski definition) is 4. The molecular weight excluding hydrogens is 428 g/mol. The molecule has 6 nitrogen and oxygen atoms in total. The first kappa shape index (κ1) is 20.3. The van der Waals surface area contributed by atoms with E-state index in [2.05, 4.69) is 4.98 Å². The van der Waals surface area contributed by atoms with Crippen molar-refractivity contribution in [3.8, 4) is 5.75 Å². The summed E-state index contributed by atoms with van der Waals surface area (Å²) in [6.45, 7) is 0.668. The predicted molar refractivity (Wildman–Crippen MR) is 130 cm³/mol. The number of fused-ring (bicyclic) bond motifs is 2. The number of aromatic nitrogens is 1. The van der Waals surface area contributed by atoms with Gasteiger partial charge in [-0.1, -0.05) is 36.4 Å². The van der Waals surface area contributed by atoms with Gasteiger partial charge in [-0.2, -0.15) is 0 Å². The predicted octanol–water partition coefficient (Wildman–Crippen LogP) is 5.12. The fraction of sp³-hybridized carbons (Fsp3) is 0.143. The van der Waals surface area contributed by atoms with Gasteiger partial charge < -0.3 is 14.8 Å². The third-order valence-corrected chi connectivity index (χ3v) is 6.58. The quantitative estimate of drug-likeness (QED) is 0.258. The van der Waals surface area contributed by atoms with Gasteiger partial charge in [-0.15, -0.1) is 0 Å². The average Bonchev–Trinajstić information content (AvgIpc) is 3.42. The van der Waals surface area contributed by atoms with Gasteiger partial charge in [0.25, 0.3) is 11.7 Å². The van der Waals surface area contributed by atoms with Crippen LogP contribution in [-0.4, -0.2) is 28.4 Å². The molecule has 0 aliphatic carbocycles. The van der Waals surface area contributed by atoms with Crippen LogP contribution in [0.2, 0.25) is 0 Å². The fourth-order valence-corrected chi connectivity index (χ4v) is 4.97. The number of anilines is 1. The van der Waals surface area contributed by atoms with Gasteiger partial charge in [0, 0.05) is 33.9 Å². The number of ether oxygens (including phenoxy) is 1. The lowest BCUT2D eigenvalue weighted by Crippen LogP contribution is -2.29.